The van der Waals surface area contributed by atoms with Crippen molar-refractivity contribution in [3.63, 3.8) is 0 Å². The van der Waals surface area contributed by atoms with Gasteiger partial charge < -0.3 is 10.6 Å². The number of hydrogen-bond acceptors (Lipinski definition) is 4. The Morgan fingerprint density at radius 2 is 1.93 bits per heavy atom. The molecule has 0 saturated carbocycles. The number of rotatable bonds is 3. The van der Waals surface area contributed by atoms with Crippen LogP contribution in [0.2, 0.25) is 0 Å². The zero-order valence-corrected chi connectivity index (χ0v) is 9.80. The number of sulfonamides is 1. The highest BCUT2D eigenvalue weighted by Gasteiger charge is 2.06. The maximum Gasteiger partial charge on any atom is 0.229 e. The Morgan fingerprint density at radius 1 is 1.33 bits per heavy atom. The Labute approximate surface area is 89.9 Å². The van der Waals surface area contributed by atoms with E-state index >= 15 is 0 Å². The second-order valence-electron chi connectivity index (χ2n) is 3.54. The monoisotopic (exact) mass is 229 g/mol. The minimum atomic E-state index is -3.24. The van der Waals surface area contributed by atoms with E-state index in [1.54, 1.807) is 18.2 Å². The Morgan fingerprint density at radius 3 is 2.40 bits per heavy atom. The highest BCUT2D eigenvalue weighted by atomic mass is 32.2. The number of nitrogens with zero attached hydrogens (tertiary/aromatic N) is 1. The molecule has 5 nitrogen and oxygen atoms in total. The minimum Gasteiger partial charge on any atom is -0.397 e. The normalized spacial score (nSPS) is 11.1. The van der Waals surface area contributed by atoms with E-state index in [2.05, 4.69) is 4.72 Å². The lowest BCUT2D eigenvalue weighted by Gasteiger charge is -2.16. The van der Waals surface area contributed by atoms with Gasteiger partial charge in [0.2, 0.25) is 10.0 Å². The van der Waals surface area contributed by atoms with Gasteiger partial charge in [-0.05, 0) is 18.2 Å². The van der Waals surface area contributed by atoms with Crippen LogP contribution in [0.4, 0.5) is 17.1 Å². The fraction of sp³-hybridized carbons (Fsp3) is 0.333. The fourth-order valence-corrected chi connectivity index (χ4v) is 1.76. The second kappa shape index (κ2) is 3.98. The molecule has 0 saturated heterocycles. The smallest absolute Gasteiger partial charge is 0.229 e. The van der Waals surface area contributed by atoms with Gasteiger partial charge in [-0.15, -0.1) is 0 Å². The summed E-state index contributed by atoms with van der Waals surface area (Å²) in [5.41, 5.74) is 7.64. The molecule has 0 aliphatic carbocycles. The standard InChI is InChI=1S/C9H15N3O2S/c1-12(2)9-6-7(4-5-8(9)10)11-15(3,13)14/h4-6,11H,10H2,1-3H3. The molecule has 1 aromatic carbocycles. The zero-order valence-electron chi connectivity index (χ0n) is 8.98. The van der Waals surface area contributed by atoms with Gasteiger partial charge in [0, 0.05) is 14.1 Å². The van der Waals surface area contributed by atoms with Crippen molar-refractivity contribution in [3.8, 4) is 0 Å². The summed E-state index contributed by atoms with van der Waals surface area (Å²) in [6.07, 6.45) is 1.11. The van der Waals surface area contributed by atoms with Crippen molar-refractivity contribution in [3.05, 3.63) is 18.2 Å². The number of nitrogens with two attached hydrogens (primary N) is 1. The molecule has 0 aliphatic rings. The molecule has 0 aromatic heterocycles. The molecule has 6 heteroatoms. The van der Waals surface area contributed by atoms with E-state index in [9.17, 15) is 8.42 Å². The van der Waals surface area contributed by atoms with Crippen LogP contribution in [-0.4, -0.2) is 28.8 Å². The van der Waals surface area contributed by atoms with Gasteiger partial charge in [0.15, 0.2) is 0 Å². The number of anilines is 3. The summed E-state index contributed by atoms with van der Waals surface area (Å²) in [5.74, 6) is 0. The van der Waals surface area contributed by atoms with Crippen LogP contribution >= 0.6 is 0 Å². The van der Waals surface area contributed by atoms with Crippen LogP contribution in [0.15, 0.2) is 18.2 Å². The highest BCUT2D eigenvalue weighted by molar-refractivity contribution is 7.92. The van der Waals surface area contributed by atoms with Crippen LogP contribution in [0.3, 0.4) is 0 Å². The summed E-state index contributed by atoms with van der Waals surface area (Å²) in [7, 11) is 0.445. The van der Waals surface area contributed by atoms with Gasteiger partial charge in [-0.3, -0.25) is 4.72 Å². The lowest BCUT2D eigenvalue weighted by Crippen LogP contribution is -2.13. The van der Waals surface area contributed by atoms with Crippen LogP contribution in [0, 0.1) is 0 Å². The van der Waals surface area contributed by atoms with Gasteiger partial charge >= 0.3 is 0 Å². The van der Waals surface area contributed by atoms with Crippen molar-refractivity contribution in [1.29, 1.82) is 0 Å². The van der Waals surface area contributed by atoms with Crippen molar-refractivity contribution >= 4 is 27.1 Å². The molecule has 0 fully saturated rings. The highest BCUT2D eigenvalue weighted by Crippen LogP contribution is 2.25. The predicted octanol–water partition coefficient (Wildman–Crippen LogP) is 0.706. The third-order valence-corrected chi connectivity index (χ3v) is 2.42. The second-order valence-corrected chi connectivity index (χ2v) is 5.29. The van der Waals surface area contributed by atoms with E-state index in [1.165, 1.54) is 0 Å². The Hall–Kier alpha value is -1.43. The summed E-state index contributed by atoms with van der Waals surface area (Å²) in [5, 5.41) is 0. The number of nitrogen functional groups attached to an aromatic ring is 1. The van der Waals surface area contributed by atoms with Gasteiger partial charge in [0.25, 0.3) is 0 Å². The number of benzene rings is 1. The topological polar surface area (TPSA) is 75.4 Å². The SMILES string of the molecule is CN(C)c1cc(NS(C)(=O)=O)ccc1N. The molecule has 0 bridgehead atoms. The van der Waals surface area contributed by atoms with Crippen LogP contribution in [0.25, 0.3) is 0 Å². The third kappa shape index (κ3) is 3.32. The van der Waals surface area contributed by atoms with E-state index in [1.807, 2.05) is 19.0 Å². The molecule has 1 rings (SSSR count). The van der Waals surface area contributed by atoms with Crippen molar-refractivity contribution in [2.75, 3.05) is 35.7 Å². The Kier molecular flexibility index (Phi) is 3.09. The molecule has 0 atom stereocenters. The minimum absolute atomic E-state index is 0.510. The molecule has 0 amide bonds. The quantitative estimate of drug-likeness (QED) is 0.748. The first-order chi connectivity index (χ1) is 6.79. The molecule has 0 unspecified atom stereocenters. The Bertz CT molecular complexity index is 454. The molecule has 1 aromatic rings. The first kappa shape index (κ1) is 11.6. The molecule has 0 radical (unpaired) electrons. The van der Waals surface area contributed by atoms with Crippen molar-refractivity contribution < 1.29 is 8.42 Å². The average Bonchev–Trinajstić information content (AvgIpc) is 2.05. The van der Waals surface area contributed by atoms with Crippen LogP contribution < -0.4 is 15.4 Å². The summed E-state index contributed by atoms with van der Waals surface area (Å²) in [6, 6.07) is 4.99. The van der Waals surface area contributed by atoms with Gasteiger partial charge in [0.05, 0.1) is 23.3 Å². The first-order valence-electron chi connectivity index (χ1n) is 4.34. The van der Waals surface area contributed by atoms with Gasteiger partial charge in [-0.2, -0.15) is 0 Å². The van der Waals surface area contributed by atoms with Gasteiger partial charge in [-0.25, -0.2) is 8.42 Å². The lowest BCUT2D eigenvalue weighted by molar-refractivity contribution is 0.607. The van der Waals surface area contributed by atoms with Crippen molar-refractivity contribution in [2.45, 2.75) is 0 Å². The summed E-state index contributed by atoms with van der Waals surface area (Å²) < 4.78 is 24.4. The van der Waals surface area contributed by atoms with E-state index < -0.39 is 10.0 Å². The molecule has 3 N–H and O–H groups in total. The molecule has 0 heterocycles. The largest absolute Gasteiger partial charge is 0.397 e. The lowest BCUT2D eigenvalue weighted by atomic mass is 10.2. The molecular formula is C9H15N3O2S. The zero-order chi connectivity index (χ0) is 11.6. The van der Waals surface area contributed by atoms with Crippen LogP contribution in [0.5, 0.6) is 0 Å². The molecule has 15 heavy (non-hydrogen) atoms. The summed E-state index contributed by atoms with van der Waals surface area (Å²) >= 11 is 0. The summed E-state index contributed by atoms with van der Waals surface area (Å²) in [4.78, 5) is 1.82. The molecule has 84 valence electrons. The third-order valence-electron chi connectivity index (χ3n) is 1.82. The molecule has 0 spiro atoms. The maximum absolute atomic E-state index is 11.0. The molecule has 0 aliphatic heterocycles. The fourth-order valence-electron chi connectivity index (χ4n) is 1.21. The average molecular weight is 229 g/mol. The van der Waals surface area contributed by atoms with Gasteiger partial charge in [0.1, 0.15) is 0 Å². The Balaban J connectivity index is 3.08. The predicted molar refractivity (Wildman–Crippen MR) is 63.6 cm³/mol. The number of nitrogens with one attached hydrogen (secondary N) is 1. The van der Waals surface area contributed by atoms with E-state index in [0.29, 0.717) is 11.4 Å². The number of hydrogen-bond donors (Lipinski definition) is 2. The van der Waals surface area contributed by atoms with Crippen LogP contribution in [0.1, 0.15) is 0 Å². The van der Waals surface area contributed by atoms with Crippen molar-refractivity contribution in [1.82, 2.24) is 0 Å². The van der Waals surface area contributed by atoms with E-state index in [0.717, 1.165) is 11.9 Å². The van der Waals surface area contributed by atoms with E-state index in [-0.39, 0.29) is 0 Å². The summed E-state index contributed by atoms with van der Waals surface area (Å²) in [6.45, 7) is 0. The van der Waals surface area contributed by atoms with E-state index in [4.69, 9.17) is 5.73 Å². The van der Waals surface area contributed by atoms with Crippen LogP contribution in [-0.2, 0) is 10.0 Å². The van der Waals surface area contributed by atoms with Gasteiger partial charge in [-0.1, -0.05) is 0 Å². The van der Waals surface area contributed by atoms with Crippen molar-refractivity contribution in [2.24, 2.45) is 0 Å². The molecular weight excluding hydrogens is 214 g/mol. The first-order valence-corrected chi connectivity index (χ1v) is 6.23. The maximum atomic E-state index is 11.0.